The van der Waals surface area contributed by atoms with E-state index in [0.29, 0.717) is 17.0 Å². The number of aromatic nitrogens is 3. The first-order chi connectivity index (χ1) is 11.7. The molecule has 132 valence electrons. The summed E-state index contributed by atoms with van der Waals surface area (Å²) in [6.45, 7) is 6.39. The number of nitrogens with one attached hydrogen (secondary N) is 1. The van der Waals surface area contributed by atoms with Gasteiger partial charge in [0.25, 0.3) is 5.56 Å². The van der Waals surface area contributed by atoms with E-state index in [1.54, 1.807) is 10.9 Å². The molecule has 3 aromatic rings. The van der Waals surface area contributed by atoms with Gasteiger partial charge in [0.15, 0.2) is 0 Å². The van der Waals surface area contributed by atoms with Gasteiger partial charge in [0.1, 0.15) is 10.3 Å². The second-order valence-electron chi connectivity index (χ2n) is 7.60. The molecule has 1 aliphatic rings. The van der Waals surface area contributed by atoms with Crippen LogP contribution < -0.4 is 5.56 Å². The van der Waals surface area contributed by atoms with Gasteiger partial charge in [-0.05, 0) is 17.5 Å². The van der Waals surface area contributed by atoms with Gasteiger partial charge in [-0.2, -0.15) is 5.10 Å². The van der Waals surface area contributed by atoms with E-state index in [-0.39, 0.29) is 12.2 Å². The van der Waals surface area contributed by atoms with Crippen LogP contribution in [0.4, 0.5) is 0 Å². The molecule has 0 radical (unpaired) electrons. The molecular formula is C18H21N3O3S. The molecule has 0 saturated carbocycles. The Labute approximate surface area is 149 Å². The van der Waals surface area contributed by atoms with Crippen LogP contribution in [0.1, 0.15) is 32.0 Å². The number of thiophene rings is 1. The lowest BCUT2D eigenvalue weighted by Crippen LogP contribution is -2.48. The Morgan fingerprint density at radius 1 is 1.44 bits per heavy atom. The SMILES string of the molecule is Cn1nccc1-c1cc2c3c([nH]c(=O)c2s1)[C@@](O)(C(C)(C)C)COC3. The largest absolute Gasteiger partial charge is 0.381 e. The standard InChI is InChI=1S/C18H21N3O3S/c1-17(2,3)18(23)9-24-8-11-10-7-13(12-5-6-19-21(12)4)25-14(10)16(22)20-15(11)18/h5-7,23H,8-9H2,1-4H3,(H,20,22)/t18-/m1/s1. The Kier molecular flexibility index (Phi) is 3.48. The lowest BCUT2D eigenvalue weighted by atomic mass is 9.72. The van der Waals surface area contributed by atoms with Gasteiger partial charge in [0, 0.05) is 24.2 Å². The molecule has 6 nitrogen and oxygen atoms in total. The number of pyridine rings is 1. The molecule has 0 amide bonds. The molecule has 2 N–H and O–H groups in total. The summed E-state index contributed by atoms with van der Waals surface area (Å²) in [5.74, 6) is 0. The van der Waals surface area contributed by atoms with Gasteiger partial charge in [0.05, 0.1) is 29.5 Å². The van der Waals surface area contributed by atoms with E-state index in [1.807, 2.05) is 40.0 Å². The highest BCUT2D eigenvalue weighted by Crippen LogP contribution is 2.45. The van der Waals surface area contributed by atoms with Crippen LogP contribution in [0.15, 0.2) is 23.1 Å². The average Bonchev–Trinajstić information content (AvgIpc) is 3.14. The molecule has 0 aromatic carbocycles. The Balaban J connectivity index is 2.01. The highest BCUT2D eigenvalue weighted by Gasteiger charge is 2.47. The van der Waals surface area contributed by atoms with Gasteiger partial charge < -0.3 is 14.8 Å². The second kappa shape index (κ2) is 5.27. The smallest absolute Gasteiger partial charge is 0.266 e. The first-order valence-corrected chi connectivity index (χ1v) is 9.02. The summed E-state index contributed by atoms with van der Waals surface area (Å²) >= 11 is 1.43. The van der Waals surface area contributed by atoms with Crippen molar-refractivity contribution in [2.24, 2.45) is 12.5 Å². The molecule has 7 heteroatoms. The summed E-state index contributed by atoms with van der Waals surface area (Å²) in [5.41, 5.74) is 0.525. The third-order valence-corrected chi connectivity index (χ3v) is 6.25. The van der Waals surface area contributed by atoms with Crippen LogP contribution in [-0.2, 0) is 24.0 Å². The number of aromatic amines is 1. The Hall–Kier alpha value is -1.96. The molecule has 4 rings (SSSR count). The topological polar surface area (TPSA) is 80.1 Å². The number of hydrogen-bond acceptors (Lipinski definition) is 5. The van der Waals surface area contributed by atoms with E-state index in [2.05, 4.69) is 10.1 Å². The zero-order valence-corrected chi connectivity index (χ0v) is 15.5. The molecule has 0 bridgehead atoms. The molecule has 0 aliphatic carbocycles. The fraction of sp³-hybridized carbons (Fsp3) is 0.444. The number of fused-ring (bicyclic) bond motifs is 3. The summed E-state index contributed by atoms with van der Waals surface area (Å²) in [6, 6.07) is 3.93. The Morgan fingerprint density at radius 2 is 2.20 bits per heavy atom. The van der Waals surface area contributed by atoms with E-state index >= 15 is 0 Å². The fourth-order valence-corrected chi connectivity index (χ4v) is 4.51. The minimum Gasteiger partial charge on any atom is -0.381 e. The minimum atomic E-state index is -1.23. The van der Waals surface area contributed by atoms with Gasteiger partial charge in [-0.15, -0.1) is 11.3 Å². The van der Waals surface area contributed by atoms with Crippen molar-refractivity contribution < 1.29 is 9.84 Å². The van der Waals surface area contributed by atoms with Crippen molar-refractivity contribution in [1.82, 2.24) is 14.8 Å². The number of H-pyrrole nitrogens is 1. The molecule has 1 aliphatic heterocycles. The van der Waals surface area contributed by atoms with E-state index in [9.17, 15) is 9.90 Å². The highest BCUT2D eigenvalue weighted by atomic mass is 32.1. The first-order valence-electron chi connectivity index (χ1n) is 8.20. The van der Waals surface area contributed by atoms with Crippen LogP contribution in [0.25, 0.3) is 20.7 Å². The van der Waals surface area contributed by atoms with Crippen LogP contribution in [0.2, 0.25) is 0 Å². The lowest BCUT2D eigenvalue weighted by molar-refractivity contribution is -0.139. The number of rotatable bonds is 1. The maximum atomic E-state index is 12.7. The van der Waals surface area contributed by atoms with E-state index in [4.69, 9.17) is 4.74 Å². The molecule has 1 atom stereocenters. The predicted octanol–water partition coefficient (Wildman–Crippen LogP) is 2.75. The molecule has 0 fully saturated rings. The van der Waals surface area contributed by atoms with Crippen molar-refractivity contribution >= 4 is 21.4 Å². The first kappa shape index (κ1) is 16.5. The van der Waals surface area contributed by atoms with Crippen molar-refractivity contribution in [1.29, 1.82) is 0 Å². The summed E-state index contributed by atoms with van der Waals surface area (Å²) < 4.78 is 8.16. The molecule has 25 heavy (non-hydrogen) atoms. The Bertz CT molecular complexity index is 1020. The van der Waals surface area contributed by atoms with E-state index < -0.39 is 11.0 Å². The zero-order valence-electron chi connectivity index (χ0n) is 14.7. The summed E-state index contributed by atoms with van der Waals surface area (Å²) in [6.07, 6.45) is 1.74. The number of hydrogen-bond donors (Lipinski definition) is 2. The van der Waals surface area contributed by atoms with Gasteiger partial charge in [-0.25, -0.2) is 0 Å². The molecule has 3 aromatic heterocycles. The van der Waals surface area contributed by atoms with Gasteiger partial charge >= 0.3 is 0 Å². The zero-order chi connectivity index (χ0) is 18.0. The lowest BCUT2D eigenvalue weighted by Gasteiger charge is -2.43. The van der Waals surface area contributed by atoms with Gasteiger partial charge in [-0.1, -0.05) is 20.8 Å². The third kappa shape index (κ3) is 2.30. The maximum Gasteiger partial charge on any atom is 0.266 e. The van der Waals surface area contributed by atoms with Crippen LogP contribution in [0.3, 0.4) is 0 Å². The Morgan fingerprint density at radius 3 is 2.84 bits per heavy atom. The normalized spacial score (nSPS) is 20.8. The number of aliphatic hydroxyl groups is 1. The number of nitrogens with zero attached hydrogens (tertiary/aromatic N) is 2. The van der Waals surface area contributed by atoms with Crippen LogP contribution in [-0.4, -0.2) is 26.5 Å². The van der Waals surface area contributed by atoms with Gasteiger partial charge in [0.2, 0.25) is 0 Å². The summed E-state index contributed by atoms with van der Waals surface area (Å²) in [7, 11) is 1.88. The number of ether oxygens (including phenoxy) is 1. The number of aryl methyl sites for hydroxylation is 1. The molecule has 0 spiro atoms. The summed E-state index contributed by atoms with van der Waals surface area (Å²) in [5, 5.41) is 16.3. The predicted molar refractivity (Wildman–Crippen MR) is 97.7 cm³/mol. The molecule has 0 saturated heterocycles. The van der Waals surface area contributed by atoms with Crippen molar-refractivity contribution in [3.05, 3.63) is 39.9 Å². The van der Waals surface area contributed by atoms with Crippen molar-refractivity contribution in [2.45, 2.75) is 33.0 Å². The van der Waals surface area contributed by atoms with Gasteiger partial charge in [-0.3, -0.25) is 9.48 Å². The third-order valence-electron chi connectivity index (χ3n) is 5.09. The molecular weight excluding hydrogens is 338 g/mol. The minimum absolute atomic E-state index is 0.170. The van der Waals surface area contributed by atoms with Crippen molar-refractivity contribution in [3.8, 4) is 10.6 Å². The van der Waals surface area contributed by atoms with E-state index in [1.165, 1.54) is 11.3 Å². The van der Waals surface area contributed by atoms with Crippen molar-refractivity contribution in [3.63, 3.8) is 0 Å². The fourth-order valence-electron chi connectivity index (χ4n) is 3.37. The maximum absolute atomic E-state index is 12.7. The van der Waals surface area contributed by atoms with Crippen LogP contribution >= 0.6 is 11.3 Å². The van der Waals surface area contributed by atoms with Crippen molar-refractivity contribution in [2.75, 3.05) is 6.61 Å². The quantitative estimate of drug-likeness (QED) is 0.700. The summed E-state index contributed by atoms with van der Waals surface area (Å²) in [4.78, 5) is 16.6. The van der Waals surface area contributed by atoms with E-state index in [0.717, 1.165) is 21.5 Å². The highest BCUT2D eigenvalue weighted by molar-refractivity contribution is 7.22. The second-order valence-corrected chi connectivity index (χ2v) is 8.66. The van der Waals surface area contributed by atoms with Crippen LogP contribution in [0.5, 0.6) is 0 Å². The average molecular weight is 359 g/mol. The molecule has 4 heterocycles. The monoisotopic (exact) mass is 359 g/mol. The molecule has 0 unspecified atom stereocenters. The van der Waals surface area contributed by atoms with Crippen LogP contribution in [0, 0.1) is 5.41 Å².